The van der Waals surface area contributed by atoms with Crippen LogP contribution in [0.15, 0.2) is 40.9 Å². The van der Waals surface area contributed by atoms with E-state index in [0.717, 1.165) is 58.5 Å². The number of rotatable bonds is 6. The predicted molar refractivity (Wildman–Crippen MR) is 107 cm³/mol. The lowest BCUT2D eigenvalue weighted by Gasteiger charge is -2.29. The van der Waals surface area contributed by atoms with Crippen LogP contribution in [0.25, 0.3) is 0 Å². The lowest BCUT2D eigenvalue weighted by Crippen LogP contribution is -2.36. The van der Waals surface area contributed by atoms with Crippen molar-refractivity contribution in [2.75, 3.05) is 43.1 Å². The summed E-state index contributed by atoms with van der Waals surface area (Å²) < 4.78 is 12.1. The lowest BCUT2D eigenvalue weighted by molar-refractivity contribution is 0.122. The first kappa shape index (κ1) is 18.4. The molecule has 3 rings (SSSR count). The van der Waals surface area contributed by atoms with Crippen molar-refractivity contribution in [2.45, 2.75) is 13.5 Å². The van der Waals surface area contributed by atoms with Gasteiger partial charge in [-0.05, 0) is 43.3 Å². The van der Waals surface area contributed by atoms with Gasteiger partial charge in [-0.1, -0.05) is 27.5 Å². The van der Waals surface area contributed by atoms with E-state index in [-0.39, 0.29) is 0 Å². The van der Waals surface area contributed by atoms with E-state index in [4.69, 9.17) is 21.1 Å². The van der Waals surface area contributed by atoms with Crippen LogP contribution in [0.1, 0.15) is 12.5 Å². The van der Waals surface area contributed by atoms with Crippen LogP contribution in [-0.2, 0) is 11.3 Å². The summed E-state index contributed by atoms with van der Waals surface area (Å²) in [6.45, 7) is 6.56. The Balaban J connectivity index is 1.69. The van der Waals surface area contributed by atoms with Gasteiger partial charge in [0.1, 0.15) is 5.75 Å². The molecule has 4 nitrogen and oxygen atoms in total. The summed E-state index contributed by atoms with van der Waals surface area (Å²) >= 11 is 10.0. The van der Waals surface area contributed by atoms with Gasteiger partial charge in [0.15, 0.2) is 0 Å². The molecule has 0 spiro atoms. The van der Waals surface area contributed by atoms with Crippen LogP contribution < -0.4 is 15.0 Å². The van der Waals surface area contributed by atoms with E-state index in [9.17, 15) is 0 Å². The van der Waals surface area contributed by atoms with Gasteiger partial charge in [-0.3, -0.25) is 0 Å². The molecule has 6 heteroatoms. The molecule has 0 unspecified atom stereocenters. The molecule has 0 bridgehead atoms. The minimum Gasteiger partial charge on any atom is -0.494 e. The maximum atomic E-state index is 6.50. The van der Waals surface area contributed by atoms with Crippen molar-refractivity contribution in [1.29, 1.82) is 0 Å². The topological polar surface area (TPSA) is 33.7 Å². The van der Waals surface area contributed by atoms with Crippen LogP contribution in [-0.4, -0.2) is 32.9 Å². The number of anilines is 2. The number of ether oxygens (including phenoxy) is 2. The summed E-state index contributed by atoms with van der Waals surface area (Å²) in [7, 11) is 0. The Labute approximate surface area is 162 Å². The van der Waals surface area contributed by atoms with E-state index in [1.807, 2.05) is 25.1 Å². The third-order valence-electron chi connectivity index (χ3n) is 4.10. The van der Waals surface area contributed by atoms with E-state index < -0.39 is 0 Å². The number of morpholine rings is 1. The van der Waals surface area contributed by atoms with E-state index in [2.05, 4.69) is 44.3 Å². The molecule has 1 saturated heterocycles. The molecular weight excluding hydrogens is 404 g/mol. The fourth-order valence-corrected chi connectivity index (χ4v) is 3.57. The fourth-order valence-electron chi connectivity index (χ4n) is 2.86. The Hall–Kier alpha value is -1.43. The summed E-state index contributed by atoms with van der Waals surface area (Å²) in [6.07, 6.45) is 0. The van der Waals surface area contributed by atoms with Crippen molar-refractivity contribution in [2.24, 2.45) is 0 Å². The minimum absolute atomic E-state index is 0.648. The number of benzene rings is 2. The van der Waals surface area contributed by atoms with Crippen LogP contribution in [0, 0.1) is 0 Å². The summed E-state index contributed by atoms with van der Waals surface area (Å²) in [5.41, 5.74) is 3.15. The van der Waals surface area contributed by atoms with Crippen LogP contribution in [0.4, 0.5) is 11.4 Å². The number of hydrogen-bond donors (Lipinski definition) is 1. The average Bonchev–Trinajstić information content (AvgIpc) is 2.63. The van der Waals surface area contributed by atoms with Gasteiger partial charge in [-0.15, -0.1) is 0 Å². The van der Waals surface area contributed by atoms with Crippen molar-refractivity contribution >= 4 is 38.9 Å². The van der Waals surface area contributed by atoms with Crippen LogP contribution in [0.5, 0.6) is 5.75 Å². The van der Waals surface area contributed by atoms with Crippen molar-refractivity contribution in [3.8, 4) is 5.75 Å². The maximum absolute atomic E-state index is 6.50. The van der Waals surface area contributed by atoms with E-state index in [1.54, 1.807) is 0 Å². The quantitative estimate of drug-likeness (QED) is 0.710. The molecule has 1 N–H and O–H groups in total. The maximum Gasteiger partial charge on any atom is 0.124 e. The zero-order chi connectivity index (χ0) is 17.6. The molecule has 1 fully saturated rings. The van der Waals surface area contributed by atoms with E-state index >= 15 is 0 Å². The number of nitrogens with one attached hydrogen (secondary N) is 1. The van der Waals surface area contributed by atoms with Crippen molar-refractivity contribution < 1.29 is 9.47 Å². The summed E-state index contributed by atoms with van der Waals surface area (Å²) in [6, 6.07) is 12.2. The Kier molecular flexibility index (Phi) is 6.45. The van der Waals surface area contributed by atoms with Crippen LogP contribution >= 0.6 is 27.5 Å². The van der Waals surface area contributed by atoms with E-state index in [0.29, 0.717) is 13.2 Å². The highest BCUT2D eigenvalue weighted by atomic mass is 79.9. The van der Waals surface area contributed by atoms with Gasteiger partial charge < -0.3 is 19.7 Å². The largest absolute Gasteiger partial charge is 0.494 e. The van der Waals surface area contributed by atoms with Crippen LogP contribution in [0.3, 0.4) is 0 Å². The highest BCUT2D eigenvalue weighted by molar-refractivity contribution is 9.10. The molecule has 1 heterocycles. The molecule has 0 saturated carbocycles. The highest BCUT2D eigenvalue weighted by Crippen LogP contribution is 2.30. The number of nitrogens with zero attached hydrogens (tertiary/aromatic N) is 1. The van der Waals surface area contributed by atoms with Gasteiger partial charge in [-0.25, -0.2) is 0 Å². The molecule has 0 atom stereocenters. The lowest BCUT2D eigenvalue weighted by atomic mass is 10.2. The molecule has 0 aromatic heterocycles. The van der Waals surface area contributed by atoms with Gasteiger partial charge in [0.05, 0.1) is 30.5 Å². The van der Waals surface area contributed by atoms with Crippen molar-refractivity contribution in [3.63, 3.8) is 0 Å². The van der Waals surface area contributed by atoms with Gasteiger partial charge in [0.25, 0.3) is 0 Å². The van der Waals surface area contributed by atoms with Crippen molar-refractivity contribution in [1.82, 2.24) is 0 Å². The number of hydrogen-bond acceptors (Lipinski definition) is 4. The molecule has 2 aromatic carbocycles. The summed E-state index contributed by atoms with van der Waals surface area (Å²) in [5, 5.41) is 4.19. The Morgan fingerprint density at radius 1 is 1.20 bits per heavy atom. The van der Waals surface area contributed by atoms with Crippen molar-refractivity contribution in [3.05, 3.63) is 51.5 Å². The summed E-state index contributed by atoms with van der Waals surface area (Å²) in [4.78, 5) is 2.26. The zero-order valence-electron chi connectivity index (χ0n) is 14.2. The monoisotopic (exact) mass is 424 g/mol. The molecule has 1 aliphatic rings. The average molecular weight is 426 g/mol. The highest BCUT2D eigenvalue weighted by Gasteiger charge is 2.14. The minimum atomic E-state index is 0.648. The normalized spacial score (nSPS) is 14.4. The molecule has 0 amide bonds. The Bertz CT molecular complexity index is 721. The third kappa shape index (κ3) is 4.81. The number of halogens is 2. The van der Waals surface area contributed by atoms with Gasteiger partial charge in [-0.2, -0.15) is 0 Å². The second-order valence-corrected chi connectivity index (χ2v) is 7.13. The molecule has 0 aliphatic carbocycles. The first-order chi connectivity index (χ1) is 12.2. The fraction of sp³-hybridized carbons (Fsp3) is 0.368. The van der Waals surface area contributed by atoms with Gasteiger partial charge in [0, 0.05) is 35.4 Å². The molecule has 1 aliphatic heterocycles. The van der Waals surface area contributed by atoms with Crippen LogP contribution in [0.2, 0.25) is 5.02 Å². The third-order valence-corrected chi connectivity index (χ3v) is 4.90. The van der Waals surface area contributed by atoms with Gasteiger partial charge >= 0.3 is 0 Å². The zero-order valence-corrected chi connectivity index (χ0v) is 16.6. The standard InChI is InChI=1S/C19H22BrClN2O2/c1-2-25-19-6-3-15(20)11-14(19)13-22-16-4-5-18(17(21)12-16)23-7-9-24-10-8-23/h3-6,11-12,22H,2,7-10,13H2,1H3. The predicted octanol–water partition coefficient (Wildman–Crippen LogP) is 4.95. The Morgan fingerprint density at radius 2 is 2.00 bits per heavy atom. The molecule has 25 heavy (non-hydrogen) atoms. The molecule has 2 aromatic rings. The van der Waals surface area contributed by atoms with Gasteiger partial charge in [0.2, 0.25) is 0 Å². The summed E-state index contributed by atoms with van der Waals surface area (Å²) in [5.74, 6) is 0.897. The SMILES string of the molecule is CCOc1ccc(Br)cc1CNc1ccc(N2CCOCC2)c(Cl)c1. The smallest absolute Gasteiger partial charge is 0.124 e. The van der Waals surface area contributed by atoms with E-state index in [1.165, 1.54) is 0 Å². The second kappa shape index (κ2) is 8.79. The first-order valence-corrected chi connectivity index (χ1v) is 9.62. The molecule has 134 valence electrons. The second-order valence-electron chi connectivity index (χ2n) is 5.80. The Morgan fingerprint density at radius 3 is 2.72 bits per heavy atom. The molecule has 0 radical (unpaired) electrons. The molecular formula is C19H22BrClN2O2. The first-order valence-electron chi connectivity index (χ1n) is 8.44.